The number of hydrogen-bond acceptors (Lipinski definition) is 2. The highest BCUT2D eigenvalue weighted by Crippen LogP contribution is 2.48. The summed E-state index contributed by atoms with van der Waals surface area (Å²) in [5, 5.41) is 6.97. The molecule has 48 heavy (non-hydrogen) atoms. The third-order valence-electron chi connectivity index (χ3n) is 9.38. The van der Waals surface area contributed by atoms with Gasteiger partial charge in [-0.25, -0.2) is 0 Å². The Balaban J connectivity index is 1.18. The van der Waals surface area contributed by atoms with Crippen molar-refractivity contribution in [2.24, 2.45) is 0 Å². The number of para-hydroxylation sites is 1. The van der Waals surface area contributed by atoms with Gasteiger partial charge in [0.1, 0.15) is 11.2 Å². The first-order valence-electron chi connectivity index (χ1n) is 18.4. The highest BCUT2D eigenvalue weighted by atomic mass is 32.1. The van der Waals surface area contributed by atoms with Gasteiger partial charge < -0.3 is 4.42 Å². The van der Waals surface area contributed by atoms with E-state index in [2.05, 4.69) is 84.9 Å². The molecule has 0 radical (unpaired) electrons. The van der Waals surface area contributed by atoms with Crippen LogP contribution in [0, 0.1) is 0 Å². The van der Waals surface area contributed by atoms with Crippen LogP contribution in [0.4, 0.5) is 0 Å². The molecule has 0 saturated heterocycles. The first-order chi connectivity index (χ1) is 25.9. The molecule has 1 nitrogen and oxygen atoms in total. The standard InChI is InChI=1S/C46H28OS/c1-2-12-29(13-3-1)43-34-15-4-6-17-36(34)44(37-18-7-5-16-35(37)43)30-22-24-31(25-23-30)45-38-19-9-11-21-42(38)48-46(45)32-26-27-41-39(28-32)33-14-8-10-20-40(33)47-41/h1-28H/i1D,2D,3D,12D,13D. The molecule has 0 fully saturated rings. The van der Waals surface area contributed by atoms with Crippen molar-refractivity contribution in [1.82, 2.24) is 0 Å². The molecule has 0 atom stereocenters. The first-order valence-corrected chi connectivity index (χ1v) is 16.8. The largest absolute Gasteiger partial charge is 0.456 e. The van der Waals surface area contributed by atoms with Gasteiger partial charge >= 0.3 is 0 Å². The highest BCUT2D eigenvalue weighted by molar-refractivity contribution is 7.23. The Bertz CT molecular complexity index is 3040. The molecule has 10 aromatic rings. The van der Waals surface area contributed by atoms with Crippen molar-refractivity contribution in [1.29, 1.82) is 0 Å². The normalized spacial score (nSPS) is 13.2. The van der Waals surface area contributed by atoms with E-state index in [0.717, 1.165) is 65.7 Å². The van der Waals surface area contributed by atoms with E-state index < -0.39 is 6.04 Å². The number of fused-ring (bicyclic) bond motifs is 6. The van der Waals surface area contributed by atoms with Gasteiger partial charge in [0.2, 0.25) is 0 Å². The van der Waals surface area contributed by atoms with Crippen LogP contribution in [0.5, 0.6) is 0 Å². The average Bonchev–Trinajstić information content (AvgIpc) is 3.78. The van der Waals surface area contributed by atoms with Crippen molar-refractivity contribution >= 4 is 64.9 Å². The topological polar surface area (TPSA) is 13.1 Å². The molecule has 2 heterocycles. The van der Waals surface area contributed by atoms with Crippen LogP contribution in [0.25, 0.3) is 97.4 Å². The predicted octanol–water partition coefficient (Wildman–Crippen LogP) is 13.8. The van der Waals surface area contributed by atoms with Gasteiger partial charge in [-0.2, -0.15) is 0 Å². The maximum Gasteiger partial charge on any atom is 0.135 e. The fourth-order valence-corrected chi connectivity index (χ4v) is 8.51. The summed E-state index contributed by atoms with van der Waals surface area (Å²) in [6.07, 6.45) is 0. The van der Waals surface area contributed by atoms with Gasteiger partial charge in [0.05, 0.1) is 6.85 Å². The van der Waals surface area contributed by atoms with Gasteiger partial charge in [0, 0.05) is 31.3 Å². The van der Waals surface area contributed by atoms with E-state index in [-0.39, 0.29) is 29.7 Å². The maximum absolute atomic E-state index is 8.86. The Morgan fingerprint density at radius 3 is 1.56 bits per heavy atom. The Labute approximate surface area is 289 Å². The number of benzene rings is 8. The van der Waals surface area contributed by atoms with E-state index >= 15 is 0 Å². The number of rotatable bonds is 4. The van der Waals surface area contributed by atoms with Crippen LogP contribution >= 0.6 is 11.3 Å². The van der Waals surface area contributed by atoms with E-state index in [1.54, 1.807) is 11.3 Å². The van der Waals surface area contributed by atoms with Crippen LogP contribution in [0.1, 0.15) is 6.85 Å². The first kappa shape index (κ1) is 22.5. The zero-order valence-electron chi connectivity index (χ0n) is 30.6. The minimum absolute atomic E-state index is 0.206. The summed E-state index contributed by atoms with van der Waals surface area (Å²) in [5.41, 5.74) is 8.12. The highest BCUT2D eigenvalue weighted by Gasteiger charge is 2.19. The minimum atomic E-state index is -0.397. The van der Waals surface area contributed by atoms with Crippen LogP contribution in [-0.2, 0) is 0 Å². The Morgan fingerprint density at radius 1 is 0.396 bits per heavy atom. The Morgan fingerprint density at radius 2 is 0.896 bits per heavy atom. The van der Waals surface area contributed by atoms with E-state index in [9.17, 15) is 0 Å². The van der Waals surface area contributed by atoms with Crippen LogP contribution in [0.2, 0.25) is 0 Å². The summed E-state index contributed by atoms with van der Waals surface area (Å²) in [4.78, 5) is 1.20. The average molecular weight is 634 g/mol. The molecule has 0 aliphatic carbocycles. The molecule has 0 amide bonds. The third-order valence-corrected chi connectivity index (χ3v) is 10.6. The zero-order valence-corrected chi connectivity index (χ0v) is 26.4. The van der Waals surface area contributed by atoms with Crippen molar-refractivity contribution < 1.29 is 11.3 Å². The van der Waals surface area contributed by atoms with Crippen LogP contribution in [-0.4, -0.2) is 0 Å². The second-order valence-electron chi connectivity index (χ2n) is 12.0. The minimum Gasteiger partial charge on any atom is -0.456 e. The van der Waals surface area contributed by atoms with Gasteiger partial charge in [-0.15, -0.1) is 11.3 Å². The van der Waals surface area contributed by atoms with Crippen molar-refractivity contribution in [2.45, 2.75) is 0 Å². The van der Waals surface area contributed by atoms with Crippen molar-refractivity contribution in [2.75, 3.05) is 0 Å². The van der Waals surface area contributed by atoms with Gasteiger partial charge in [-0.3, -0.25) is 0 Å². The number of thiophene rings is 1. The fourth-order valence-electron chi connectivity index (χ4n) is 7.29. The van der Waals surface area contributed by atoms with Crippen LogP contribution < -0.4 is 0 Å². The van der Waals surface area contributed by atoms with Gasteiger partial charge in [-0.1, -0.05) is 139 Å². The summed E-state index contributed by atoms with van der Waals surface area (Å²) in [7, 11) is 0. The molecular formula is C46H28OS. The number of hydrogen-bond donors (Lipinski definition) is 0. The molecule has 0 bridgehead atoms. The molecule has 2 heteroatoms. The quantitative estimate of drug-likeness (QED) is 0.176. The molecular weight excluding hydrogens is 601 g/mol. The summed E-state index contributed by atoms with van der Waals surface area (Å²) in [6, 6.07) is 46.4. The van der Waals surface area contributed by atoms with E-state index in [1.165, 1.54) is 20.5 Å². The SMILES string of the molecule is [2H]c1c([2H])c([2H])c(-c2c3ccccc3c(-c3ccc(-c4c(-c5ccc6oc7ccccc7c6c5)sc5ccccc45)cc3)c3ccccc23)c([2H])c1[2H]. The second kappa shape index (κ2) is 10.8. The lowest BCUT2D eigenvalue weighted by atomic mass is 9.85. The molecule has 10 rings (SSSR count). The molecule has 0 saturated carbocycles. The fraction of sp³-hybridized carbons (Fsp3) is 0. The molecule has 0 unspecified atom stereocenters. The zero-order chi connectivity index (χ0) is 36.0. The van der Waals surface area contributed by atoms with Crippen molar-refractivity contribution in [3.05, 3.63) is 170 Å². The van der Waals surface area contributed by atoms with Crippen molar-refractivity contribution in [3.63, 3.8) is 0 Å². The molecule has 224 valence electrons. The molecule has 2 aromatic heterocycles. The van der Waals surface area contributed by atoms with E-state index in [1.807, 2.05) is 54.6 Å². The molecule has 0 N–H and O–H groups in total. The van der Waals surface area contributed by atoms with Gasteiger partial charge in [0.25, 0.3) is 0 Å². The van der Waals surface area contributed by atoms with Crippen molar-refractivity contribution in [3.8, 4) is 43.8 Å². The van der Waals surface area contributed by atoms with E-state index in [0.29, 0.717) is 5.56 Å². The Kier molecular flexibility index (Phi) is 5.07. The monoisotopic (exact) mass is 633 g/mol. The van der Waals surface area contributed by atoms with Gasteiger partial charge in [0.15, 0.2) is 0 Å². The lowest BCUT2D eigenvalue weighted by Crippen LogP contribution is -1.90. The lowest BCUT2D eigenvalue weighted by molar-refractivity contribution is 0.669. The molecule has 0 spiro atoms. The predicted molar refractivity (Wildman–Crippen MR) is 206 cm³/mol. The van der Waals surface area contributed by atoms with Crippen LogP contribution in [0.3, 0.4) is 0 Å². The van der Waals surface area contributed by atoms with Crippen LogP contribution in [0.15, 0.2) is 174 Å². The second-order valence-corrected chi connectivity index (χ2v) is 13.1. The molecule has 0 aliphatic rings. The number of furan rings is 1. The smallest absolute Gasteiger partial charge is 0.135 e. The Hall–Kier alpha value is -5.96. The van der Waals surface area contributed by atoms with Gasteiger partial charge in [-0.05, 0) is 85.3 Å². The summed E-state index contributed by atoms with van der Waals surface area (Å²) < 4.78 is 50.2. The summed E-state index contributed by atoms with van der Waals surface area (Å²) >= 11 is 1.80. The maximum atomic E-state index is 8.86. The summed E-state index contributed by atoms with van der Waals surface area (Å²) in [5.74, 6) is 0. The lowest BCUT2D eigenvalue weighted by Gasteiger charge is -2.18. The van der Waals surface area contributed by atoms with E-state index in [4.69, 9.17) is 11.3 Å². The summed E-state index contributed by atoms with van der Waals surface area (Å²) in [6.45, 7) is 0. The molecule has 0 aliphatic heterocycles. The third kappa shape index (κ3) is 4.17. The molecule has 8 aromatic carbocycles.